The highest BCUT2D eigenvalue weighted by atomic mass is 32.1. The molecule has 6 heteroatoms. The highest BCUT2D eigenvalue weighted by Gasteiger charge is 2.33. The van der Waals surface area contributed by atoms with Crippen molar-refractivity contribution < 1.29 is 14.3 Å². The Balaban J connectivity index is 1.79. The molecule has 1 aliphatic heterocycles. The van der Waals surface area contributed by atoms with Gasteiger partial charge in [0, 0.05) is 36.6 Å². The summed E-state index contributed by atoms with van der Waals surface area (Å²) in [6.07, 6.45) is 3.02. The Morgan fingerprint density at radius 1 is 1.10 bits per heavy atom. The summed E-state index contributed by atoms with van der Waals surface area (Å²) in [4.78, 5) is 31.7. The van der Waals surface area contributed by atoms with Gasteiger partial charge in [0.25, 0.3) is 0 Å². The molecule has 1 fully saturated rings. The third kappa shape index (κ3) is 1.91. The van der Waals surface area contributed by atoms with E-state index in [1.54, 1.807) is 12.3 Å². The number of hydrogen-bond acceptors (Lipinski definition) is 6. The van der Waals surface area contributed by atoms with Crippen LogP contribution < -0.4 is 4.90 Å². The number of ketones is 2. The molecule has 2 aromatic rings. The second-order valence-corrected chi connectivity index (χ2v) is 6.04. The van der Waals surface area contributed by atoms with Gasteiger partial charge in [-0.25, -0.2) is 0 Å². The summed E-state index contributed by atoms with van der Waals surface area (Å²) in [5.41, 5.74) is 1.38. The van der Waals surface area contributed by atoms with Crippen LogP contribution in [0.5, 0.6) is 0 Å². The molecule has 21 heavy (non-hydrogen) atoms. The van der Waals surface area contributed by atoms with Crippen LogP contribution in [0.1, 0.15) is 31.2 Å². The fourth-order valence-electron chi connectivity index (χ4n) is 2.70. The Hall–Kier alpha value is -2.05. The number of fused-ring (bicyclic) bond motifs is 2. The Morgan fingerprint density at radius 2 is 1.90 bits per heavy atom. The molecule has 2 aromatic heterocycles. The SMILES string of the molecule is O=C1c2ccncc2C(=O)c2sc(N3CCOCC3)cc21. The van der Waals surface area contributed by atoms with E-state index < -0.39 is 0 Å². The van der Waals surface area contributed by atoms with Crippen LogP contribution >= 0.6 is 11.3 Å². The predicted molar refractivity (Wildman–Crippen MR) is 78.5 cm³/mol. The van der Waals surface area contributed by atoms with Crippen molar-refractivity contribution in [1.29, 1.82) is 0 Å². The Morgan fingerprint density at radius 3 is 2.71 bits per heavy atom. The molecule has 106 valence electrons. The van der Waals surface area contributed by atoms with Crippen molar-refractivity contribution >= 4 is 27.9 Å². The van der Waals surface area contributed by atoms with Crippen molar-refractivity contribution in [2.24, 2.45) is 0 Å². The molecule has 0 N–H and O–H groups in total. The first kappa shape index (κ1) is 12.7. The summed E-state index contributed by atoms with van der Waals surface area (Å²) in [5.74, 6) is -0.185. The van der Waals surface area contributed by atoms with Crippen LogP contribution in [-0.4, -0.2) is 42.9 Å². The third-order valence-corrected chi connectivity index (χ3v) is 5.00. The third-order valence-electron chi connectivity index (χ3n) is 3.80. The molecule has 0 spiro atoms. The molecule has 0 atom stereocenters. The molecule has 0 saturated carbocycles. The van der Waals surface area contributed by atoms with Crippen LogP contribution in [-0.2, 0) is 4.74 Å². The Kier molecular flexibility index (Phi) is 2.87. The summed E-state index contributed by atoms with van der Waals surface area (Å²) in [6, 6.07) is 3.46. The van der Waals surface area contributed by atoms with Gasteiger partial charge in [0.1, 0.15) is 0 Å². The summed E-state index contributed by atoms with van der Waals surface area (Å²) < 4.78 is 5.34. The molecule has 5 nitrogen and oxygen atoms in total. The van der Waals surface area contributed by atoms with Gasteiger partial charge < -0.3 is 9.64 Å². The fraction of sp³-hybridized carbons (Fsp3) is 0.267. The van der Waals surface area contributed by atoms with Crippen LogP contribution in [0.25, 0.3) is 0 Å². The van der Waals surface area contributed by atoms with Crippen molar-refractivity contribution in [2.75, 3.05) is 31.2 Å². The lowest BCUT2D eigenvalue weighted by Gasteiger charge is -2.27. The first-order valence-corrected chi connectivity index (χ1v) is 7.57. The van der Waals surface area contributed by atoms with Gasteiger partial charge in [-0.2, -0.15) is 0 Å². The number of morpholine rings is 1. The molecular weight excluding hydrogens is 288 g/mol. The van der Waals surface area contributed by atoms with Crippen molar-refractivity contribution in [3.05, 3.63) is 46.1 Å². The first-order chi connectivity index (χ1) is 10.3. The maximum atomic E-state index is 12.5. The number of carbonyl (C=O) groups is 2. The quantitative estimate of drug-likeness (QED) is 0.685. The van der Waals surface area contributed by atoms with Crippen LogP contribution in [0.4, 0.5) is 5.00 Å². The topological polar surface area (TPSA) is 59.5 Å². The van der Waals surface area contributed by atoms with Crippen molar-refractivity contribution in [3.63, 3.8) is 0 Å². The average Bonchev–Trinajstić information content (AvgIpc) is 2.99. The highest BCUT2D eigenvalue weighted by molar-refractivity contribution is 7.18. The van der Waals surface area contributed by atoms with Gasteiger partial charge in [0.05, 0.1) is 28.7 Å². The zero-order valence-electron chi connectivity index (χ0n) is 11.2. The molecular formula is C15H12N2O3S. The number of carbonyl (C=O) groups excluding carboxylic acids is 2. The number of rotatable bonds is 1. The zero-order chi connectivity index (χ0) is 14.4. The van der Waals surface area contributed by atoms with Crippen molar-refractivity contribution in [3.8, 4) is 0 Å². The van der Waals surface area contributed by atoms with Crippen LogP contribution in [0.3, 0.4) is 0 Å². The van der Waals surface area contributed by atoms with E-state index in [-0.39, 0.29) is 11.6 Å². The maximum Gasteiger partial charge on any atom is 0.206 e. The average molecular weight is 300 g/mol. The van der Waals surface area contributed by atoms with E-state index in [0.29, 0.717) is 34.8 Å². The number of anilines is 1. The van der Waals surface area contributed by atoms with E-state index in [9.17, 15) is 9.59 Å². The number of hydrogen-bond donors (Lipinski definition) is 0. The molecule has 4 rings (SSSR count). The van der Waals surface area contributed by atoms with Gasteiger partial charge in [-0.3, -0.25) is 14.6 Å². The van der Waals surface area contributed by atoms with E-state index in [1.165, 1.54) is 17.5 Å². The number of pyridine rings is 1. The monoisotopic (exact) mass is 300 g/mol. The minimum absolute atomic E-state index is 0.0854. The van der Waals surface area contributed by atoms with Crippen LogP contribution in [0, 0.1) is 0 Å². The summed E-state index contributed by atoms with van der Waals surface area (Å²) in [7, 11) is 0. The molecule has 0 amide bonds. The van der Waals surface area contributed by atoms with E-state index in [1.807, 2.05) is 6.07 Å². The minimum Gasteiger partial charge on any atom is -0.378 e. The second kappa shape index (κ2) is 4.75. The van der Waals surface area contributed by atoms with Crippen molar-refractivity contribution in [2.45, 2.75) is 0 Å². The molecule has 2 aliphatic rings. The first-order valence-electron chi connectivity index (χ1n) is 6.75. The Bertz CT molecular complexity index is 695. The lowest BCUT2D eigenvalue weighted by molar-refractivity contribution is 0.0982. The van der Waals surface area contributed by atoms with Crippen LogP contribution in [0.2, 0.25) is 0 Å². The standard InChI is InChI=1S/C15H12N2O3S/c18-13-9-1-2-16-8-11(9)14(19)15-10(13)7-12(21-15)17-3-5-20-6-4-17/h1-2,7-8H,3-6H2. The molecule has 0 aromatic carbocycles. The van der Waals surface area contributed by atoms with Gasteiger partial charge >= 0.3 is 0 Å². The largest absolute Gasteiger partial charge is 0.378 e. The lowest BCUT2D eigenvalue weighted by atomic mass is 9.91. The summed E-state index contributed by atoms with van der Waals surface area (Å²) in [5, 5.41) is 0.964. The highest BCUT2D eigenvalue weighted by Crippen LogP contribution is 2.37. The van der Waals surface area contributed by atoms with Gasteiger partial charge in [-0.15, -0.1) is 11.3 Å². The fourth-order valence-corrected chi connectivity index (χ4v) is 3.86. The van der Waals surface area contributed by atoms with Gasteiger partial charge in [0.15, 0.2) is 5.78 Å². The van der Waals surface area contributed by atoms with E-state index >= 15 is 0 Å². The smallest absolute Gasteiger partial charge is 0.206 e. The number of aromatic nitrogens is 1. The molecule has 1 saturated heterocycles. The minimum atomic E-state index is -0.0998. The van der Waals surface area contributed by atoms with Gasteiger partial charge in [0.2, 0.25) is 5.78 Å². The molecule has 3 heterocycles. The summed E-state index contributed by atoms with van der Waals surface area (Å²) in [6.45, 7) is 2.93. The normalized spacial score (nSPS) is 17.6. The van der Waals surface area contributed by atoms with E-state index in [2.05, 4.69) is 9.88 Å². The van der Waals surface area contributed by atoms with Crippen LogP contribution in [0.15, 0.2) is 24.5 Å². The zero-order valence-corrected chi connectivity index (χ0v) is 12.0. The second-order valence-electron chi connectivity index (χ2n) is 5.01. The number of ether oxygens (including phenoxy) is 1. The van der Waals surface area contributed by atoms with E-state index in [4.69, 9.17) is 4.74 Å². The lowest BCUT2D eigenvalue weighted by Crippen LogP contribution is -2.35. The molecule has 0 radical (unpaired) electrons. The van der Waals surface area contributed by atoms with Gasteiger partial charge in [-0.1, -0.05) is 0 Å². The Labute approximate surface area is 125 Å². The molecule has 0 bridgehead atoms. The number of nitrogens with zero attached hydrogens (tertiary/aromatic N) is 2. The maximum absolute atomic E-state index is 12.5. The summed E-state index contributed by atoms with van der Waals surface area (Å²) >= 11 is 1.39. The predicted octanol–water partition coefficient (Wildman–Crippen LogP) is 1.76. The van der Waals surface area contributed by atoms with Crippen molar-refractivity contribution in [1.82, 2.24) is 4.98 Å². The number of thiophene rings is 1. The molecule has 0 unspecified atom stereocenters. The molecule has 1 aliphatic carbocycles. The van der Waals surface area contributed by atoms with E-state index in [0.717, 1.165) is 18.1 Å². The van der Waals surface area contributed by atoms with Gasteiger partial charge in [-0.05, 0) is 12.1 Å².